The summed E-state index contributed by atoms with van der Waals surface area (Å²) < 4.78 is 29.6. The van der Waals surface area contributed by atoms with Gasteiger partial charge in [0.2, 0.25) is 5.91 Å². The monoisotopic (exact) mass is 571 g/mol. The molecule has 1 aliphatic rings. The number of benzene rings is 2. The molecule has 208 valence electrons. The number of halogens is 1. The zero-order chi connectivity index (χ0) is 28.2. The van der Waals surface area contributed by atoms with E-state index in [4.69, 9.17) is 11.6 Å². The summed E-state index contributed by atoms with van der Waals surface area (Å²) in [5, 5.41) is 9.69. The third-order valence-corrected chi connectivity index (χ3v) is 9.00. The average Bonchev–Trinajstić information content (AvgIpc) is 3.22. The lowest BCUT2D eigenvalue weighted by Crippen LogP contribution is -2.39. The van der Waals surface area contributed by atoms with Crippen molar-refractivity contribution in [3.8, 4) is 0 Å². The summed E-state index contributed by atoms with van der Waals surface area (Å²) in [5.41, 5.74) is 2.75. The van der Waals surface area contributed by atoms with E-state index in [1.54, 1.807) is 16.7 Å². The molecule has 39 heavy (non-hydrogen) atoms. The van der Waals surface area contributed by atoms with Crippen LogP contribution in [-0.2, 0) is 27.8 Å². The Kier molecular flexibility index (Phi) is 9.12. The molecule has 1 aliphatic carbocycles. The molecule has 2 aromatic carbocycles. The van der Waals surface area contributed by atoms with Gasteiger partial charge in [-0.3, -0.25) is 4.79 Å². The highest BCUT2D eigenvalue weighted by atomic mass is 35.5. The smallest absolute Gasteiger partial charge is 0.355 e. The number of carboxylic acids is 1. The maximum atomic E-state index is 13.2. The first-order valence-corrected chi connectivity index (χ1v) is 15.2. The second-order valence-corrected chi connectivity index (χ2v) is 12.2. The van der Waals surface area contributed by atoms with E-state index < -0.39 is 27.8 Å². The number of aromatic nitrogens is 2. The molecule has 1 saturated carbocycles. The predicted molar refractivity (Wildman–Crippen MR) is 150 cm³/mol. The van der Waals surface area contributed by atoms with E-state index in [1.807, 2.05) is 31.2 Å². The van der Waals surface area contributed by atoms with Crippen LogP contribution in [0, 0.1) is 12.8 Å². The molecule has 2 atom stereocenters. The SMILES string of the molecule is CCCCc1nc(Cl)c(C(=O)O)n1Cc1ccc(C2CCCCC2C(=O)NS(=O)(=O)c2ccc(C)cc2)cc1. The first-order valence-electron chi connectivity index (χ1n) is 13.3. The van der Waals surface area contributed by atoms with Crippen molar-refractivity contribution in [2.45, 2.75) is 76.2 Å². The van der Waals surface area contributed by atoms with Gasteiger partial charge in [-0.05, 0) is 55.4 Å². The van der Waals surface area contributed by atoms with Crippen LogP contribution in [0.4, 0.5) is 0 Å². The number of carboxylic acid groups (broad SMARTS) is 1. The molecule has 1 aromatic heterocycles. The van der Waals surface area contributed by atoms with Crippen molar-refractivity contribution in [1.29, 1.82) is 0 Å². The lowest BCUT2D eigenvalue weighted by molar-refractivity contribution is -0.124. The molecule has 0 bridgehead atoms. The quantitative estimate of drug-likeness (QED) is 0.321. The van der Waals surface area contributed by atoms with Gasteiger partial charge < -0.3 is 9.67 Å². The number of amides is 1. The summed E-state index contributed by atoms with van der Waals surface area (Å²) in [4.78, 5) is 29.4. The second-order valence-electron chi connectivity index (χ2n) is 10.2. The molecular formula is C29H34ClN3O5S. The largest absolute Gasteiger partial charge is 0.476 e. The zero-order valence-corrected chi connectivity index (χ0v) is 23.8. The standard InChI is InChI=1S/C29H34ClN3O5S/c1-3-4-9-25-31-27(30)26(29(35)36)33(25)18-20-12-14-21(15-13-20)23-7-5-6-8-24(23)28(34)32-39(37,38)22-16-10-19(2)11-17-22/h10-17,23-24H,3-9,18H2,1-2H3,(H,32,34)(H,35,36). The molecule has 10 heteroatoms. The van der Waals surface area contributed by atoms with Crippen LogP contribution in [0.2, 0.25) is 5.15 Å². The first kappa shape index (κ1) is 28.8. The Bertz CT molecular complexity index is 1430. The Hall–Kier alpha value is -3.17. The van der Waals surface area contributed by atoms with Crippen LogP contribution in [0.5, 0.6) is 0 Å². The van der Waals surface area contributed by atoms with Gasteiger partial charge in [-0.1, -0.05) is 79.7 Å². The van der Waals surface area contributed by atoms with Crippen LogP contribution in [0.1, 0.15) is 84.4 Å². The third-order valence-electron chi connectivity index (χ3n) is 7.38. The van der Waals surface area contributed by atoms with Crippen LogP contribution < -0.4 is 4.72 Å². The molecule has 1 heterocycles. The van der Waals surface area contributed by atoms with Gasteiger partial charge in [-0.2, -0.15) is 0 Å². The molecule has 0 radical (unpaired) electrons. The number of carbonyl (C=O) groups is 2. The van der Waals surface area contributed by atoms with Crippen LogP contribution >= 0.6 is 11.6 Å². The van der Waals surface area contributed by atoms with Crippen molar-refractivity contribution >= 4 is 33.5 Å². The zero-order valence-electron chi connectivity index (χ0n) is 22.2. The van der Waals surface area contributed by atoms with Crippen molar-refractivity contribution in [3.05, 3.63) is 81.9 Å². The van der Waals surface area contributed by atoms with Gasteiger partial charge in [0.25, 0.3) is 10.0 Å². The number of nitrogens with zero attached hydrogens (tertiary/aromatic N) is 2. The van der Waals surface area contributed by atoms with E-state index in [9.17, 15) is 23.1 Å². The van der Waals surface area contributed by atoms with E-state index in [-0.39, 0.29) is 21.7 Å². The van der Waals surface area contributed by atoms with Gasteiger partial charge in [-0.25, -0.2) is 22.9 Å². The average molecular weight is 572 g/mol. The summed E-state index contributed by atoms with van der Waals surface area (Å²) in [7, 11) is -3.96. The van der Waals surface area contributed by atoms with Gasteiger partial charge >= 0.3 is 5.97 Å². The summed E-state index contributed by atoms with van der Waals surface area (Å²) in [6.07, 6.45) is 5.65. The van der Waals surface area contributed by atoms with Gasteiger partial charge in [0, 0.05) is 18.9 Å². The van der Waals surface area contributed by atoms with Crippen molar-refractivity contribution < 1.29 is 23.1 Å². The topological polar surface area (TPSA) is 118 Å². The highest BCUT2D eigenvalue weighted by Crippen LogP contribution is 2.38. The van der Waals surface area contributed by atoms with Crippen LogP contribution in [0.15, 0.2) is 53.4 Å². The molecule has 8 nitrogen and oxygen atoms in total. The highest BCUT2D eigenvalue weighted by molar-refractivity contribution is 7.90. The van der Waals surface area contributed by atoms with E-state index in [0.717, 1.165) is 48.8 Å². The summed E-state index contributed by atoms with van der Waals surface area (Å²) in [6, 6.07) is 14.1. The number of unbranched alkanes of at least 4 members (excludes halogenated alkanes) is 1. The van der Waals surface area contributed by atoms with Crippen LogP contribution in [-0.4, -0.2) is 35.0 Å². The third kappa shape index (κ3) is 6.70. The number of carbonyl (C=O) groups excluding carboxylic acids is 1. The van der Waals surface area contributed by atoms with Crippen LogP contribution in [0.25, 0.3) is 0 Å². The Labute approximate surface area is 234 Å². The van der Waals surface area contributed by atoms with Gasteiger partial charge in [0.1, 0.15) is 5.82 Å². The molecule has 4 rings (SSSR count). The fourth-order valence-electron chi connectivity index (χ4n) is 5.25. The number of nitrogens with one attached hydrogen (secondary N) is 1. The van der Waals surface area contributed by atoms with E-state index in [0.29, 0.717) is 25.2 Å². The summed E-state index contributed by atoms with van der Waals surface area (Å²) >= 11 is 6.16. The summed E-state index contributed by atoms with van der Waals surface area (Å²) in [6.45, 7) is 4.24. The molecule has 0 spiro atoms. The fraction of sp³-hybridized carbons (Fsp3) is 0.414. The Morgan fingerprint density at radius 2 is 1.74 bits per heavy atom. The van der Waals surface area contributed by atoms with Gasteiger partial charge in [0.05, 0.1) is 4.90 Å². The van der Waals surface area contributed by atoms with Crippen molar-refractivity contribution in [2.24, 2.45) is 5.92 Å². The molecule has 2 N–H and O–H groups in total. The van der Waals surface area contributed by atoms with Gasteiger partial charge in [0.15, 0.2) is 10.8 Å². The maximum Gasteiger partial charge on any atom is 0.355 e. The normalized spacial score (nSPS) is 17.6. The van der Waals surface area contributed by atoms with E-state index in [1.165, 1.54) is 12.1 Å². The molecule has 3 aromatic rings. The fourth-order valence-corrected chi connectivity index (χ4v) is 6.56. The Morgan fingerprint density at radius 1 is 1.08 bits per heavy atom. The number of sulfonamides is 1. The maximum absolute atomic E-state index is 13.2. The van der Waals surface area contributed by atoms with Crippen molar-refractivity contribution in [1.82, 2.24) is 14.3 Å². The number of hydrogen-bond donors (Lipinski definition) is 2. The second kappa shape index (κ2) is 12.3. The van der Waals surface area contributed by atoms with Crippen LogP contribution in [0.3, 0.4) is 0 Å². The Morgan fingerprint density at radius 3 is 2.38 bits per heavy atom. The molecular weight excluding hydrogens is 538 g/mol. The summed E-state index contributed by atoms with van der Waals surface area (Å²) in [5.74, 6) is -1.54. The predicted octanol–water partition coefficient (Wildman–Crippen LogP) is 5.71. The van der Waals surface area contributed by atoms with E-state index in [2.05, 4.69) is 16.6 Å². The number of hydrogen-bond acceptors (Lipinski definition) is 5. The van der Waals surface area contributed by atoms with E-state index >= 15 is 0 Å². The molecule has 0 aliphatic heterocycles. The highest BCUT2D eigenvalue weighted by Gasteiger charge is 2.34. The van der Waals surface area contributed by atoms with Crippen molar-refractivity contribution in [3.63, 3.8) is 0 Å². The molecule has 2 unspecified atom stereocenters. The number of imidazole rings is 1. The minimum absolute atomic E-state index is 0.0122. The number of rotatable bonds is 10. The number of aryl methyl sites for hydroxylation is 2. The molecule has 0 saturated heterocycles. The minimum atomic E-state index is -3.96. The molecule has 1 fully saturated rings. The first-order chi connectivity index (χ1) is 18.6. The Balaban J connectivity index is 1.52. The number of aromatic carboxylic acids is 1. The minimum Gasteiger partial charge on any atom is -0.476 e. The van der Waals surface area contributed by atoms with Crippen molar-refractivity contribution in [2.75, 3.05) is 0 Å². The lowest BCUT2D eigenvalue weighted by Gasteiger charge is -2.31. The lowest BCUT2D eigenvalue weighted by atomic mass is 9.75. The molecule has 1 amide bonds. The van der Waals surface area contributed by atoms with Gasteiger partial charge in [-0.15, -0.1) is 0 Å².